The fraction of sp³-hybridized carbons (Fsp3) is 0.0952. The van der Waals surface area contributed by atoms with E-state index in [-0.39, 0.29) is 5.63 Å². The molecule has 3 aromatic carbocycles. The van der Waals surface area contributed by atoms with Gasteiger partial charge in [-0.1, -0.05) is 42.5 Å². The smallest absolute Gasteiger partial charge is 0.336 e. The summed E-state index contributed by atoms with van der Waals surface area (Å²) in [5.41, 5.74) is 2.19. The first-order chi connectivity index (χ1) is 12.1. The molecule has 0 N–H and O–H groups in total. The number of benzene rings is 3. The van der Waals surface area contributed by atoms with Gasteiger partial charge in [0.1, 0.15) is 17.9 Å². The molecule has 1 heterocycles. The Bertz CT molecular complexity index is 1140. The summed E-state index contributed by atoms with van der Waals surface area (Å²) in [7, 11) is 0. The average molecular weight is 395 g/mol. The molecule has 3 nitrogen and oxygen atoms in total. The lowest BCUT2D eigenvalue weighted by atomic mass is 10.0. The molecule has 4 rings (SSSR count). The molecule has 0 amide bonds. The summed E-state index contributed by atoms with van der Waals surface area (Å²) in [4.78, 5) is 12.0. The number of halogens is 1. The van der Waals surface area contributed by atoms with Crippen molar-refractivity contribution in [2.45, 2.75) is 13.5 Å². The number of fused-ring (bicyclic) bond motifs is 3. The lowest BCUT2D eigenvalue weighted by Gasteiger charge is -2.11. The van der Waals surface area contributed by atoms with E-state index in [4.69, 9.17) is 9.15 Å². The molecular weight excluding hydrogens is 380 g/mol. The summed E-state index contributed by atoms with van der Waals surface area (Å²) in [6.07, 6.45) is 0. The predicted molar refractivity (Wildman–Crippen MR) is 103 cm³/mol. The summed E-state index contributed by atoms with van der Waals surface area (Å²) >= 11 is 3.51. The molecule has 0 aliphatic heterocycles. The number of ether oxygens (including phenoxy) is 1. The Morgan fingerprint density at radius 2 is 1.84 bits per heavy atom. The Morgan fingerprint density at radius 3 is 2.68 bits per heavy atom. The Hall–Kier alpha value is -2.59. The molecule has 0 atom stereocenters. The minimum Gasteiger partial charge on any atom is -0.488 e. The summed E-state index contributed by atoms with van der Waals surface area (Å²) < 4.78 is 12.3. The summed E-state index contributed by atoms with van der Waals surface area (Å²) in [5, 5.41) is 2.86. The normalized spacial score (nSPS) is 11.1. The monoisotopic (exact) mass is 394 g/mol. The van der Waals surface area contributed by atoms with Gasteiger partial charge < -0.3 is 9.15 Å². The summed E-state index contributed by atoms with van der Waals surface area (Å²) in [6, 6.07) is 19.3. The van der Waals surface area contributed by atoms with Crippen LogP contribution in [0.1, 0.15) is 11.1 Å². The highest BCUT2D eigenvalue weighted by Gasteiger charge is 2.10. The van der Waals surface area contributed by atoms with E-state index in [9.17, 15) is 4.79 Å². The van der Waals surface area contributed by atoms with Crippen LogP contribution in [0, 0.1) is 6.92 Å². The van der Waals surface area contributed by atoms with E-state index in [1.54, 1.807) is 0 Å². The van der Waals surface area contributed by atoms with Crippen LogP contribution >= 0.6 is 15.9 Å². The Kier molecular flexibility index (Phi) is 4.06. The fourth-order valence-corrected chi connectivity index (χ4v) is 3.56. The van der Waals surface area contributed by atoms with E-state index in [1.165, 1.54) is 6.07 Å². The van der Waals surface area contributed by atoms with E-state index in [0.29, 0.717) is 12.2 Å². The first kappa shape index (κ1) is 15.9. The molecule has 0 fully saturated rings. The van der Waals surface area contributed by atoms with Crippen molar-refractivity contribution in [3.8, 4) is 5.75 Å². The van der Waals surface area contributed by atoms with Crippen LogP contribution in [0.4, 0.5) is 0 Å². The molecule has 0 saturated carbocycles. The number of hydrogen-bond donors (Lipinski definition) is 0. The van der Waals surface area contributed by atoms with Gasteiger partial charge in [-0.05, 0) is 45.9 Å². The highest BCUT2D eigenvalue weighted by Crippen LogP contribution is 2.29. The van der Waals surface area contributed by atoms with Crippen LogP contribution in [-0.4, -0.2) is 0 Å². The molecule has 25 heavy (non-hydrogen) atoms. The zero-order valence-electron chi connectivity index (χ0n) is 13.6. The molecule has 124 valence electrons. The van der Waals surface area contributed by atoms with Crippen molar-refractivity contribution < 1.29 is 9.15 Å². The Balaban J connectivity index is 1.79. The van der Waals surface area contributed by atoms with Crippen molar-refractivity contribution in [2.75, 3.05) is 0 Å². The molecule has 1 aromatic heterocycles. The van der Waals surface area contributed by atoms with E-state index < -0.39 is 0 Å². The maximum atomic E-state index is 12.0. The van der Waals surface area contributed by atoms with Gasteiger partial charge >= 0.3 is 5.63 Å². The second-order valence-electron chi connectivity index (χ2n) is 5.98. The highest BCUT2D eigenvalue weighted by molar-refractivity contribution is 9.10. The van der Waals surface area contributed by atoms with Gasteiger partial charge in [-0.15, -0.1) is 0 Å². The molecule has 0 unspecified atom stereocenters. The molecular formula is C21H15BrO3. The summed E-state index contributed by atoms with van der Waals surface area (Å²) in [6.45, 7) is 2.32. The van der Waals surface area contributed by atoms with Gasteiger partial charge in [0.25, 0.3) is 0 Å². The van der Waals surface area contributed by atoms with Gasteiger partial charge in [0, 0.05) is 22.4 Å². The average Bonchev–Trinajstić information content (AvgIpc) is 2.60. The third kappa shape index (κ3) is 3.05. The number of hydrogen-bond acceptors (Lipinski definition) is 3. The number of aryl methyl sites for hydroxylation is 1. The molecule has 0 spiro atoms. The van der Waals surface area contributed by atoms with Gasteiger partial charge in [-0.2, -0.15) is 0 Å². The molecule has 4 aromatic rings. The van der Waals surface area contributed by atoms with E-state index in [0.717, 1.165) is 37.5 Å². The second kappa shape index (κ2) is 6.37. The maximum Gasteiger partial charge on any atom is 0.336 e. The van der Waals surface area contributed by atoms with Crippen LogP contribution in [0.15, 0.2) is 74.3 Å². The quantitative estimate of drug-likeness (QED) is 0.335. The van der Waals surface area contributed by atoms with E-state index in [1.807, 2.05) is 61.5 Å². The van der Waals surface area contributed by atoms with Gasteiger partial charge in [0.2, 0.25) is 0 Å². The Morgan fingerprint density at radius 1 is 1.00 bits per heavy atom. The lowest BCUT2D eigenvalue weighted by Crippen LogP contribution is -2.04. The van der Waals surface area contributed by atoms with Gasteiger partial charge in [0.05, 0.1) is 4.47 Å². The van der Waals surface area contributed by atoms with Gasteiger partial charge in [-0.3, -0.25) is 0 Å². The van der Waals surface area contributed by atoms with Crippen molar-refractivity contribution in [3.05, 3.63) is 86.7 Å². The van der Waals surface area contributed by atoms with Gasteiger partial charge in [-0.25, -0.2) is 4.79 Å². The highest BCUT2D eigenvalue weighted by atomic mass is 79.9. The Labute approximate surface area is 153 Å². The van der Waals surface area contributed by atoms with Crippen molar-refractivity contribution >= 4 is 37.7 Å². The lowest BCUT2D eigenvalue weighted by molar-refractivity contribution is 0.304. The molecule has 0 aliphatic carbocycles. The minimum absolute atomic E-state index is 0.294. The SMILES string of the molecule is Cc1ccc(OCc2cc(=O)oc3c2ccc2ccccc23)c(Br)c1. The largest absolute Gasteiger partial charge is 0.488 e. The first-order valence-electron chi connectivity index (χ1n) is 7.95. The topological polar surface area (TPSA) is 39.4 Å². The third-order valence-electron chi connectivity index (χ3n) is 4.19. The van der Waals surface area contributed by atoms with Crippen molar-refractivity contribution in [1.82, 2.24) is 0 Å². The van der Waals surface area contributed by atoms with Crippen LogP contribution in [-0.2, 0) is 6.61 Å². The first-order valence-corrected chi connectivity index (χ1v) is 8.74. The van der Waals surface area contributed by atoms with Crippen molar-refractivity contribution in [1.29, 1.82) is 0 Å². The zero-order chi connectivity index (χ0) is 17.4. The van der Waals surface area contributed by atoms with Crippen LogP contribution < -0.4 is 10.4 Å². The zero-order valence-corrected chi connectivity index (χ0v) is 15.2. The van der Waals surface area contributed by atoms with Crippen LogP contribution in [0.5, 0.6) is 5.75 Å². The maximum absolute atomic E-state index is 12.0. The molecule has 0 radical (unpaired) electrons. The molecule has 4 heteroatoms. The molecule has 0 saturated heterocycles. The van der Waals surface area contributed by atoms with Gasteiger partial charge in [0.15, 0.2) is 0 Å². The standard InChI is InChI=1S/C21H15BrO3/c1-13-6-9-19(18(22)10-13)24-12-15-11-20(23)25-21-16-5-3-2-4-14(16)7-8-17(15)21/h2-11H,12H2,1H3. The molecule has 0 aliphatic rings. The summed E-state index contributed by atoms with van der Waals surface area (Å²) in [5.74, 6) is 0.743. The van der Waals surface area contributed by atoms with Crippen LogP contribution in [0.3, 0.4) is 0 Å². The predicted octanol–water partition coefficient (Wildman–Crippen LogP) is 5.60. The van der Waals surface area contributed by atoms with Crippen LogP contribution in [0.25, 0.3) is 21.7 Å². The van der Waals surface area contributed by atoms with Crippen molar-refractivity contribution in [3.63, 3.8) is 0 Å². The minimum atomic E-state index is -0.370. The fourth-order valence-electron chi connectivity index (χ4n) is 2.95. The third-order valence-corrected chi connectivity index (χ3v) is 4.81. The molecule has 0 bridgehead atoms. The second-order valence-corrected chi connectivity index (χ2v) is 6.83. The van der Waals surface area contributed by atoms with E-state index in [2.05, 4.69) is 15.9 Å². The van der Waals surface area contributed by atoms with Crippen LogP contribution in [0.2, 0.25) is 0 Å². The number of rotatable bonds is 3. The van der Waals surface area contributed by atoms with E-state index >= 15 is 0 Å². The van der Waals surface area contributed by atoms with Crippen molar-refractivity contribution in [2.24, 2.45) is 0 Å².